The Balaban J connectivity index is 3.24. The third-order valence-corrected chi connectivity index (χ3v) is 2.78. The van der Waals surface area contributed by atoms with Gasteiger partial charge in [0.1, 0.15) is 11.5 Å². The van der Waals surface area contributed by atoms with Gasteiger partial charge in [0.25, 0.3) is 0 Å². The van der Waals surface area contributed by atoms with Crippen molar-refractivity contribution in [2.45, 2.75) is 26.3 Å². The van der Waals surface area contributed by atoms with Crippen LogP contribution in [0.1, 0.15) is 29.2 Å². The molecule has 0 amide bonds. The fourth-order valence-corrected chi connectivity index (χ4v) is 1.85. The van der Waals surface area contributed by atoms with E-state index in [0.717, 1.165) is 5.56 Å². The lowest BCUT2D eigenvalue weighted by atomic mass is 9.95. The zero-order valence-electron chi connectivity index (χ0n) is 9.95. The molecule has 1 unspecified atom stereocenters. The second kappa shape index (κ2) is 5.18. The van der Waals surface area contributed by atoms with E-state index >= 15 is 0 Å². The molecule has 16 heavy (non-hydrogen) atoms. The molecule has 0 aliphatic heterocycles. The molecule has 1 atom stereocenters. The summed E-state index contributed by atoms with van der Waals surface area (Å²) in [5, 5.41) is 18.9. The van der Waals surface area contributed by atoms with E-state index in [4.69, 9.17) is 15.6 Å². The Hall–Kier alpha value is -1.26. The molecule has 0 aliphatic carbocycles. The number of rotatable bonds is 4. The molecule has 1 aromatic rings. The van der Waals surface area contributed by atoms with Gasteiger partial charge < -0.3 is 20.7 Å². The molecule has 4 heteroatoms. The van der Waals surface area contributed by atoms with E-state index in [-0.39, 0.29) is 18.4 Å². The highest BCUT2D eigenvalue weighted by molar-refractivity contribution is 5.53. The van der Waals surface area contributed by atoms with Crippen LogP contribution in [0.4, 0.5) is 0 Å². The molecule has 0 saturated heterocycles. The van der Waals surface area contributed by atoms with Gasteiger partial charge in [0, 0.05) is 23.8 Å². The van der Waals surface area contributed by atoms with Crippen LogP contribution in [-0.2, 0) is 0 Å². The fraction of sp³-hybridized carbons (Fsp3) is 0.500. The highest BCUT2D eigenvalue weighted by Crippen LogP contribution is 2.36. The summed E-state index contributed by atoms with van der Waals surface area (Å²) >= 11 is 0. The average molecular weight is 225 g/mol. The highest BCUT2D eigenvalue weighted by atomic mass is 16.5. The number of phenols is 1. The van der Waals surface area contributed by atoms with Crippen LogP contribution in [0.5, 0.6) is 11.5 Å². The summed E-state index contributed by atoms with van der Waals surface area (Å²) in [6.45, 7) is 3.65. The maximum Gasteiger partial charge on any atom is 0.127 e. The number of nitrogens with two attached hydrogens (primary N) is 1. The standard InChI is InChI=1S/C12H19NO3/c1-7-6-10(16-3)8(2)12(15)11(7)9(13)4-5-14/h6,9,14-15H,4-5,13H2,1-3H3. The summed E-state index contributed by atoms with van der Waals surface area (Å²) in [6.07, 6.45) is 0.431. The van der Waals surface area contributed by atoms with E-state index < -0.39 is 0 Å². The first kappa shape index (κ1) is 12.8. The van der Waals surface area contributed by atoms with Crippen molar-refractivity contribution in [2.24, 2.45) is 5.73 Å². The van der Waals surface area contributed by atoms with Crippen LogP contribution >= 0.6 is 0 Å². The van der Waals surface area contributed by atoms with E-state index in [1.165, 1.54) is 0 Å². The summed E-state index contributed by atoms with van der Waals surface area (Å²) in [4.78, 5) is 0. The molecule has 0 spiro atoms. The minimum absolute atomic E-state index is 0.00508. The molecule has 1 aromatic carbocycles. The molecule has 90 valence electrons. The van der Waals surface area contributed by atoms with Gasteiger partial charge in [-0.3, -0.25) is 0 Å². The normalized spacial score (nSPS) is 12.6. The van der Waals surface area contributed by atoms with Crippen molar-refractivity contribution in [3.8, 4) is 11.5 Å². The minimum Gasteiger partial charge on any atom is -0.507 e. The van der Waals surface area contributed by atoms with Crippen LogP contribution in [-0.4, -0.2) is 23.9 Å². The molecule has 0 fully saturated rings. The molecule has 0 heterocycles. The minimum atomic E-state index is -0.352. The topological polar surface area (TPSA) is 75.7 Å². The molecule has 0 radical (unpaired) electrons. The molecule has 0 saturated carbocycles. The Morgan fingerprint density at radius 2 is 2.06 bits per heavy atom. The lowest BCUT2D eigenvalue weighted by Crippen LogP contribution is -2.14. The molecule has 4 nitrogen and oxygen atoms in total. The summed E-state index contributed by atoms with van der Waals surface area (Å²) in [5.74, 6) is 0.813. The smallest absolute Gasteiger partial charge is 0.127 e. The number of benzene rings is 1. The number of aromatic hydroxyl groups is 1. The maximum atomic E-state index is 10.0. The zero-order valence-corrected chi connectivity index (χ0v) is 9.95. The lowest BCUT2D eigenvalue weighted by molar-refractivity contribution is 0.275. The second-order valence-corrected chi connectivity index (χ2v) is 3.90. The Morgan fingerprint density at radius 3 is 2.56 bits per heavy atom. The zero-order chi connectivity index (χ0) is 12.3. The van der Waals surface area contributed by atoms with Crippen molar-refractivity contribution >= 4 is 0 Å². The molecule has 0 bridgehead atoms. The maximum absolute atomic E-state index is 10.0. The van der Waals surface area contributed by atoms with Gasteiger partial charge in [0.15, 0.2) is 0 Å². The number of hydrogen-bond donors (Lipinski definition) is 3. The SMILES string of the molecule is COc1cc(C)c(C(N)CCO)c(O)c1C. The summed E-state index contributed by atoms with van der Waals surface area (Å²) in [6, 6.07) is 1.50. The Kier molecular flexibility index (Phi) is 4.15. The number of aliphatic hydroxyl groups excluding tert-OH is 1. The number of ether oxygens (including phenoxy) is 1. The van der Waals surface area contributed by atoms with Crippen LogP contribution in [0, 0.1) is 13.8 Å². The first-order valence-electron chi connectivity index (χ1n) is 5.26. The first-order chi connectivity index (χ1) is 7.52. The van der Waals surface area contributed by atoms with Gasteiger partial charge in [-0.25, -0.2) is 0 Å². The van der Waals surface area contributed by atoms with E-state index in [2.05, 4.69) is 0 Å². The third kappa shape index (κ3) is 2.28. The van der Waals surface area contributed by atoms with Crippen LogP contribution < -0.4 is 10.5 Å². The van der Waals surface area contributed by atoms with Gasteiger partial charge in [-0.15, -0.1) is 0 Å². The lowest BCUT2D eigenvalue weighted by Gasteiger charge is -2.18. The molecule has 4 N–H and O–H groups in total. The quantitative estimate of drug-likeness (QED) is 0.724. The van der Waals surface area contributed by atoms with Gasteiger partial charge in [-0.05, 0) is 31.9 Å². The van der Waals surface area contributed by atoms with E-state index in [1.807, 2.05) is 13.0 Å². The van der Waals surface area contributed by atoms with Crippen molar-refractivity contribution < 1.29 is 14.9 Å². The summed E-state index contributed by atoms with van der Waals surface area (Å²) in [7, 11) is 1.56. The van der Waals surface area contributed by atoms with Gasteiger partial charge in [-0.2, -0.15) is 0 Å². The predicted octanol–water partition coefficient (Wildman–Crippen LogP) is 1.40. The number of aryl methyl sites for hydroxylation is 1. The van der Waals surface area contributed by atoms with Crippen molar-refractivity contribution in [3.05, 3.63) is 22.8 Å². The van der Waals surface area contributed by atoms with Gasteiger partial charge in [0.2, 0.25) is 0 Å². The van der Waals surface area contributed by atoms with Crippen LogP contribution in [0.25, 0.3) is 0 Å². The molecule has 0 aromatic heterocycles. The molecular formula is C12H19NO3. The van der Waals surface area contributed by atoms with Crippen molar-refractivity contribution in [1.82, 2.24) is 0 Å². The van der Waals surface area contributed by atoms with Gasteiger partial charge in [0.05, 0.1) is 7.11 Å². The van der Waals surface area contributed by atoms with Gasteiger partial charge >= 0.3 is 0 Å². The van der Waals surface area contributed by atoms with Crippen molar-refractivity contribution in [2.75, 3.05) is 13.7 Å². The molecular weight excluding hydrogens is 206 g/mol. The molecule has 1 rings (SSSR count). The van der Waals surface area contributed by atoms with Crippen LogP contribution in [0.15, 0.2) is 6.07 Å². The summed E-state index contributed by atoms with van der Waals surface area (Å²) in [5.41, 5.74) is 8.15. The number of hydrogen-bond acceptors (Lipinski definition) is 4. The van der Waals surface area contributed by atoms with E-state index in [9.17, 15) is 5.11 Å². The predicted molar refractivity (Wildman–Crippen MR) is 62.8 cm³/mol. The van der Waals surface area contributed by atoms with Crippen LogP contribution in [0.3, 0.4) is 0 Å². The van der Waals surface area contributed by atoms with E-state index in [1.54, 1.807) is 14.0 Å². The van der Waals surface area contributed by atoms with Crippen molar-refractivity contribution in [1.29, 1.82) is 0 Å². The monoisotopic (exact) mass is 225 g/mol. The number of aliphatic hydroxyl groups is 1. The number of methoxy groups -OCH3 is 1. The Labute approximate surface area is 95.7 Å². The summed E-state index contributed by atoms with van der Waals surface area (Å²) < 4.78 is 5.15. The third-order valence-electron chi connectivity index (χ3n) is 2.78. The fourth-order valence-electron chi connectivity index (χ4n) is 1.85. The van der Waals surface area contributed by atoms with Gasteiger partial charge in [-0.1, -0.05) is 0 Å². The Bertz CT molecular complexity index is 377. The van der Waals surface area contributed by atoms with Crippen molar-refractivity contribution in [3.63, 3.8) is 0 Å². The Morgan fingerprint density at radius 1 is 1.44 bits per heavy atom. The highest BCUT2D eigenvalue weighted by Gasteiger charge is 2.18. The second-order valence-electron chi connectivity index (χ2n) is 3.90. The largest absolute Gasteiger partial charge is 0.507 e. The average Bonchev–Trinajstić information content (AvgIpc) is 2.24. The first-order valence-corrected chi connectivity index (χ1v) is 5.26. The molecule has 0 aliphatic rings. The van der Waals surface area contributed by atoms with Crippen LogP contribution in [0.2, 0.25) is 0 Å². The number of phenolic OH excluding ortho intramolecular Hbond substituents is 1. The van der Waals surface area contributed by atoms with E-state index in [0.29, 0.717) is 23.3 Å².